The zero-order valence-electron chi connectivity index (χ0n) is 15.7. The monoisotopic (exact) mass is 386 g/mol. The van der Waals surface area contributed by atoms with Gasteiger partial charge in [0.15, 0.2) is 5.60 Å². The van der Waals surface area contributed by atoms with Crippen LogP contribution in [-0.2, 0) is 15.1 Å². The molecule has 0 radical (unpaired) electrons. The Balaban J connectivity index is 2.24. The maximum atomic E-state index is 13.1. The highest BCUT2D eigenvalue weighted by atomic mass is 19.4. The van der Waals surface area contributed by atoms with Crippen LogP contribution in [0.2, 0.25) is 0 Å². The van der Waals surface area contributed by atoms with E-state index in [0.717, 1.165) is 19.8 Å². The van der Waals surface area contributed by atoms with E-state index < -0.39 is 29.5 Å². The Labute approximate surface area is 157 Å². The van der Waals surface area contributed by atoms with Crippen LogP contribution in [0.5, 0.6) is 5.75 Å². The quantitative estimate of drug-likeness (QED) is 0.439. The van der Waals surface area contributed by atoms with Crippen LogP contribution in [0, 0.1) is 0 Å². The summed E-state index contributed by atoms with van der Waals surface area (Å²) in [5, 5.41) is 9.92. The Morgan fingerprint density at radius 2 is 1.74 bits per heavy atom. The number of carbonyl (C=O) groups excluding carboxylic acids is 1. The van der Waals surface area contributed by atoms with Crippen molar-refractivity contribution in [1.82, 2.24) is 0 Å². The van der Waals surface area contributed by atoms with E-state index >= 15 is 0 Å². The highest BCUT2D eigenvalue weighted by Gasteiger charge is 2.56. The van der Waals surface area contributed by atoms with Gasteiger partial charge >= 0.3 is 12.1 Å². The van der Waals surface area contributed by atoms with E-state index in [-0.39, 0.29) is 5.57 Å². The molecule has 0 aromatic heterocycles. The van der Waals surface area contributed by atoms with Crippen LogP contribution in [0.1, 0.15) is 52.0 Å². The molecule has 2 unspecified atom stereocenters. The minimum absolute atomic E-state index is 0.262. The van der Waals surface area contributed by atoms with E-state index in [9.17, 15) is 23.1 Å². The third-order valence-corrected chi connectivity index (χ3v) is 5.12. The maximum absolute atomic E-state index is 13.1. The first kappa shape index (κ1) is 21.4. The van der Waals surface area contributed by atoms with Crippen molar-refractivity contribution in [3.63, 3.8) is 0 Å². The lowest BCUT2D eigenvalue weighted by Gasteiger charge is -2.39. The first-order valence-corrected chi connectivity index (χ1v) is 8.84. The fourth-order valence-corrected chi connectivity index (χ4v) is 3.13. The predicted octanol–water partition coefficient (Wildman–Crippen LogP) is 4.66. The second kappa shape index (κ2) is 7.64. The fraction of sp³-hybridized carbons (Fsp3) is 0.550. The zero-order valence-corrected chi connectivity index (χ0v) is 15.7. The lowest BCUT2D eigenvalue weighted by molar-refractivity contribution is -0.300. The average Bonchev–Trinajstić information content (AvgIpc) is 3.03. The number of ether oxygens (including phenoxy) is 2. The highest BCUT2D eigenvalue weighted by Crippen LogP contribution is 2.46. The Morgan fingerprint density at radius 3 is 2.19 bits per heavy atom. The second-order valence-electron chi connectivity index (χ2n) is 7.30. The molecule has 1 aromatic rings. The van der Waals surface area contributed by atoms with Crippen LogP contribution in [0.25, 0.3) is 0 Å². The molecule has 2 rings (SSSR count). The topological polar surface area (TPSA) is 55.8 Å². The maximum Gasteiger partial charge on any atom is 0.419 e. The van der Waals surface area contributed by atoms with Crippen molar-refractivity contribution in [3.8, 4) is 5.75 Å². The van der Waals surface area contributed by atoms with Gasteiger partial charge in [0, 0.05) is 5.57 Å². The summed E-state index contributed by atoms with van der Waals surface area (Å²) >= 11 is 0. The minimum atomic E-state index is -4.80. The summed E-state index contributed by atoms with van der Waals surface area (Å²) in [5.74, 6) is -0.236. The molecule has 1 aliphatic rings. The summed E-state index contributed by atoms with van der Waals surface area (Å²) < 4.78 is 50.4. The number of rotatable bonds is 6. The van der Waals surface area contributed by atoms with Crippen LogP contribution in [0.15, 0.2) is 36.4 Å². The number of alkyl halides is 3. The van der Waals surface area contributed by atoms with Crippen LogP contribution in [0.3, 0.4) is 0 Å². The number of esters is 1. The molecule has 0 heterocycles. The summed E-state index contributed by atoms with van der Waals surface area (Å²) in [6.45, 7) is 7.00. The number of hydrogen-bond donors (Lipinski definition) is 1. The van der Waals surface area contributed by atoms with E-state index in [2.05, 4.69) is 6.58 Å². The van der Waals surface area contributed by atoms with Crippen molar-refractivity contribution in [3.05, 3.63) is 42.0 Å². The van der Waals surface area contributed by atoms with Gasteiger partial charge in [-0.1, -0.05) is 31.6 Å². The van der Waals surface area contributed by atoms with Crippen molar-refractivity contribution in [1.29, 1.82) is 0 Å². The molecular weight excluding hydrogens is 361 g/mol. The molecule has 150 valence electrons. The van der Waals surface area contributed by atoms with Gasteiger partial charge in [-0.05, 0) is 51.3 Å². The molecule has 1 fully saturated rings. The molecule has 4 nitrogen and oxygen atoms in total. The van der Waals surface area contributed by atoms with Gasteiger partial charge in [0.2, 0.25) is 0 Å². The van der Waals surface area contributed by atoms with E-state index in [1.54, 1.807) is 24.3 Å². The molecule has 27 heavy (non-hydrogen) atoms. The molecule has 0 bridgehead atoms. The molecule has 0 amide bonds. The Bertz CT molecular complexity index is 686. The van der Waals surface area contributed by atoms with Gasteiger partial charge in [-0.25, -0.2) is 4.79 Å². The van der Waals surface area contributed by atoms with Gasteiger partial charge in [0.1, 0.15) is 5.75 Å². The third kappa shape index (κ3) is 4.52. The lowest BCUT2D eigenvalue weighted by Crippen LogP contribution is -2.53. The summed E-state index contributed by atoms with van der Waals surface area (Å²) in [6, 6.07) is 6.51. The SMILES string of the molecule is C=C(C)C(=O)Oc1ccc(C2(OC(C)C(C)(O)C(F)(F)F)CCCC2)cc1. The average molecular weight is 386 g/mol. The smallest absolute Gasteiger partial charge is 0.419 e. The van der Waals surface area contributed by atoms with Gasteiger partial charge < -0.3 is 14.6 Å². The van der Waals surface area contributed by atoms with Gasteiger partial charge in [-0.3, -0.25) is 0 Å². The molecule has 0 spiro atoms. The number of hydrogen-bond acceptors (Lipinski definition) is 4. The normalized spacial score (nSPS) is 20.0. The second-order valence-corrected chi connectivity index (χ2v) is 7.30. The van der Waals surface area contributed by atoms with Crippen LogP contribution >= 0.6 is 0 Å². The molecule has 2 atom stereocenters. The van der Waals surface area contributed by atoms with Gasteiger partial charge in [0.25, 0.3) is 0 Å². The van der Waals surface area contributed by atoms with Crippen molar-refractivity contribution in [2.45, 2.75) is 69.9 Å². The minimum Gasteiger partial charge on any atom is -0.423 e. The molecule has 1 N–H and O–H groups in total. The molecule has 1 aliphatic carbocycles. The third-order valence-electron chi connectivity index (χ3n) is 5.12. The number of carbonyl (C=O) groups is 1. The predicted molar refractivity (Wildman–Crippen MR) is 94.3 cm³/mol. The summed E-state index contributed by atoms with van der Waals surface area (Å²) in [4.78, 5) is 11.6. The van der Waals surface area contributed by atoms with Gasteiger partial charge in [-0.15, -0.1) is 0 Å². The Morgan fingerprint density at radius 1 is 1.22 bits per heavy atom. The Hall–Kier alpha value is -1.86. The van der Waals surface area contributed by atoms with E-state index in [1.807, 2.05) is 0 Å². The van der Waals surface area contributed by atoms with Crippen LogP contribution in [-0.4, -0.2) is 29.0 Å². The number of halogens is 3. The van der Waals surface area contributed by atoms with Crippen molar-refractivity contribution >= 4 is 5.97 Å². The largest absolute Gasteiger partial charge is 0.423 e. The fourth-order valence-electron chi connectivity index (χ4n) is 3.13. The van der Waals surface area contributed by atoms with E-state index in [4.69, 9.17) is 9.47 Å². The zero-order chi connectivity index (χ0) is 20.5. The highest BCUT2D eigenvalue weighted by molar-refractivity contribution is 5.88. The van der Waals surface area contributed by atoms with Crippen molar-refractivity contribution in [2.75, 3.05) is 0 Å². The molecule has 1 saturated carbocycles. The molecule has 0 saturated heterocycles. The van der Waals surface area contributed by atoms with Crippen LogP contribution < -0.4 is 4.74 Å². The van der Waals surface area contributed by atoms with Crippen molar-refractivity contribution in [2.24, 2.45) is 0 Å². The summed E-state index contributed by atoms with van der Waals surface area (Å²) in [6.07, 6.45) is -3.52. The number of benzene rings is 1. The van der Waals surface area contributed by atoms with E-state index in [1.165, 1.54) is 13.8 Å². The molecule has 1 aromatic carbocycles. The molecule has 0 aliphatic heterocycles. The lowest BCUT2D eigenvalue weighted by atomic mass is 9.90. The van der Waals surface area contributed by atoms with Gasteiger partial charge in [0.05, 0.1) is 11.7 Å². The van der Waals surface area contributed by atoms with Crippen molar-refractivity contribution < 1.29 is 32.5 Å². The summed E-state index contributed by atoms with van der Waals surface area (Å²) in [7, 11) is 0. The molecule has 7 heteroatoms. The van der Waals surface area contributed by atoms with E-state index in [0.29, 0.717) is 24.2 Å². The number of aliphatic hydroxyl groups is 1. The molecular formula is C20H25F3O4. The summed E-state index contributed by atoms with van der Waals surface area (Å²) in [5.41, 5.74) is -2.91. The first-order chi connectivity index (χ1) is 12.4. The standard InChI is InChI=1S/C20H25F3O4/c1-13(2)17(24)26-16-9-7-15(8-10-16)19(11-5-6-12-19)27-14(3)18(4,25)20(21,22)23/h7-10,14,25H,1,5-6,11-12H2,2-4H3. The Kier molecular flexibility index (Phi) is 6.06. The van der Waals surface area contributed by atoms with Crippen LogP contribution in [0.4, 0.5) is 13.2 Å². The van der Waals surface area contributed by atoms with Gasteiger partial charge in [-0.2, -0.15) is 13.2 Å². The first-order valence-electron chi connectivity index (χ1n) is 8.84.